The summed E-state index contributed by atoms with van der Waals surface area (Å²) in [6, 6.07) is 0.461. The molecule has 4 unspecified atom stereocenters. The van der Waals surface area contributed by atoms with Crippen LogP contribution in [0.4, 0.5) is 0 Å². The average Bonchev–Trinajstić information content (AvgIpc) is 3.26. The third kappa shape index (κ3) is 7.69. The number of carboxylic acid groups (broad SMARTS) is 1. The summed E-state index contributed by atoms with van der Waals surface area (Å²) >= 11 is 0. The highest BCUT2D eigenvalue weighted by Gasteiger charge is 2.70. The molecular weight excluding hydrogens is 592 g/mol. The van der Waals surface area contributed by atoms with Crippen LogP contribution in [0.15, 0.2) is 22.8 Å². The van der Waals surface area contributed by atoms with Gasteiger partial charge >= 0.3 is 11.9 Å². The van der Waals surface area contributed by atoms with Crippen molar-refractivity contribution in [3.63, 3.8) is 0 Å². The van der Waals surface area contributed by atoms with Gasteiger partial charge in [0.2, 0.25) is 0 Å². The highest BCUT2D eigenvalue weighted by atomic mass is 16.5. The summed E-state index contributed by atoms with van der Waals surface area (Å²) in [7, 11) is 0. The number of hydrogen-bond donors (Lipinski definition) is 6. The Labute approximate surface area is 284 Å². The molecule has 9 nitrogen and oxygen atoms in total. The predicted octanol–water partition coefficient (Wildman–Crippen LogP) is 4.79. The zero-order valence-corrected chi connectivity index (χ0v) is 30.4. The smallest absolute Gasteiger partial charge is 0.331 e. The van der Waals surface area contributed by atoms with Gasteiger partial charge in [-0.25, -0.2) is 4.79 Å². The Morgan fingerprint density at radius 2 is 1.70 bits per heavy atom. The molecule has 0 radical (unpaired) electrons. The van der Waals surface area contributed by atoms with Crippen LogP contribution in [0.1, 0.15) is 106 Å². The van der Waals surface area contributed by atoms with E-state index in [1.807, 2.05) is 13.8 Å². The number of nitrogens with one attached hydrogen (secondary N) is 3. The second kappa shape index (κ2) is 15.8. The van der Waals surface area contributed by atoms with E-state index in [-0.39, 0.29) is 34.1 Å². The fraction of sp³-hybridized carbons (Fsp3) is 0.842. The van der Waals surface area contributed by atoms with Crippen molar-refractivity contribution in [3.8, 4) is 0 Å². The first-order valence-electron chi connectivity index (χ1n) is 18.5. The largest absolute Gasteiger partial charge is 0.478 e. The van der Waals surface area contributed by atoms with Gasteiger partial charge in [0.05, 0.1) is 6.10 Å². The molecule has 4 aliphatic rings. The predicted molar refractivity (Wildman–Crippen MR) is 188 cm³/mol. The molecule has 0 aromatic heterocycles. The maximum atomic E-state index is 12.8. The first kappa shape index (κ1) is 38.0. The number of nitrogens with two attached hydrogens (primary N) is 1. The van der Waals surface area contributed by atoms with Crippen LogP contribution in [0.5, 0.6) is 0 Å². The molecule has 4 fully saturated rings. The van der Waals surface area contributed by atoms with Gasteiger partial charge in [-0.1, -0.05) is 39.3 Å². The molecule has 0 heterocycles. The molecule has 47 heavy (non-hydrogen) atoms. The van der Waals surface area contributed by atoms with Crippen molar-refractivity contribution in [1.29, 1.82) is 0 Å². The molecule has 4 rings (SSSR count). The van der Waals surface area contributed by atoms with E-state index in [1.54, 1.807) is 0 Å². The van der Waals surface area contributed by atoms with Crippen LogP contribution in [0.2, 0.25) is 0 Å². The van der Waals surface area contributed by atoms with E-state index >= 15 is 0 Å². The fourth-order valence-corrected chi connectivity index (χ4v) is 11.1. The zero-order valence-electron chi connectivity index (χ0n) is 30.4. The summed E-state index contributed by atoms with van der Waals surface area (Å²) in [4.78, 5) is 25.2. The fourth-order valence-electron chi connectivity index (χ4n) is 11.1. The first-order valence-corrected chi connectivity index (χ1v) is 18.5. The van der Waals surface area contributed by atoms with Crippen LogP contribution < -0.4 is 21.7 Å². The summed E-state index contributed by atoms with van der Waals surface area (Å²) in [5.74, 6) is -0.350. The number of fused-ring (bicyclic) bond motifs is 5. The molecule has 10 atom stereocenters. The number of ether oxygens (including phenoxy) is 1. The number of aliphatic carboxylic acids is 1. The van der Waals surface area contributed by atoms with Crippen molar-refractivity contribution >= 4 is 11.9 Å². The Balaban J connectivity index is 1.53. The first-order chi connectivity index (χ1) is 22.2. The molecule has 4 aliphatic carbocycles. The summed E-state index contributed by atoms with van der Waals surface area (Å²) in [5.41, 5.74) is 7.29. The van der Waals surface area contributed by atoms with Crippen molar-refractivity contribution in [2.45, 2.75) is 125 Å². The number of rotatable bonds is 15. The van der Waals surface area contributed by atoms with Crippen molar-refractivity contribution in [1.82, 2.24) is 16.0 Å². The second-order valence-electron chi connectivity index (χ2n) is 16.3. The van der Waals surface area contributed by atoms with Crippen LogP contribution in [-0.4, -0.2) is 79.7 Å². The van der Waals surface area contributed by atoms with Gasteiger partial charge in [-0.3, -0.25) is 4.79 Å². The highest BCUT2D eigenvalue weighted by Crippen LogP contribution is 2.74. The maximum Gasteiger partial charge on any atom is 0.331 e. The molecule has 0 spiro atoms. The number of hydrogen-bond acceptors (Lipinski definition) is 8. The van der Waals surface area contributed by atoms with Crippen molar-refractivity contribution in [3.05, 3.63) is 22.8 Å². The summed E-state index contributed by atoms with van der Waals surface area (Å²) in [6.45, 7) is 20.4. The molecular formula is C38H66N4O5. The standard InChI is InChI=1S/C38H66N4O5/c1-24(2)10-8-11-27(35(45)46)33-29-22-31(44)34-36(5)14-13-30(42-21-20-41-18-9-17-40-19-16-39)25(3)28(36)12-15-37(34,6)38(29,7)23-32(33)47-26(4)43/h10,25,28-32,34,40-42,44H,8-9,11-23,39H2,1-7H3,(H,45,46)/b33-27-/t25-,28?,29?,30?,31+,32-,34?,36-,37-,38-/m0/s1. The Morgan fingerprint density at radius 3 is 2.34 bits per heavy atom. The minimum atomic E-state index is -0.935. The van der Waals surface area contributed by atoms with Crippen LogP contribution in [0, 0.1) is 39.9 Å². The van der Waals surface area contributed by atoms with Gasteiger partial charge in [-0.05, 0) is 130 Å². The molecule has 0 amide bonds. The number of allylic oxidation sites excluding steroid dienone is 2. The lowest BCUT2D eigenvalue weighted by Gasteiger charge is -2.69. The monoisotopic (exact) mass is 659 g/mol. The molecule has 9 heteroatoms. The molecule has 268 valence electrons. The minimum absolute atomic E-state index is 0.0186. The Hall–Kier alpha value is -1.78. The highest BCUT2D eigenvalue weighted by molar-refractivity contribution is 5.88. The zero-order chi connectivity index (χ0) is 34.6. The van der Waals surface area contributed by atoms with Gasteiger partial charge < -0.3 is 36.6 Å². The molecule has 0 aliphatic heterocycles. The molecule has 0 aromatic rings. The topological polar surface area (TPSA) is 146 Å². The molecule has 0 bridgehead atoms. The third-order valence-electron chi connectivity index (χ3n) is 13.3. The van der Waals surface area contributed by atoms with E-state index < -0.39 is 18.2 Å². The van der Waals surface area contributed by atoms with E-state index in [0.29, 0.717) is 55.7 Å². The maximum absolute atomic E-state index is 12.8. The SMILES string of the molecule is CC(=O)O[C@H]1C[C@@]2(C)C(C[C@@H](O)C3[C@@]4(C)CCC(NCCNCCCNCCN)[C@@H](C)C4CC[C@@]32C)/C1=C(\CCC=C(C)C)C(=O)O. The van der Waals surface area contributed by atoms with Crippen molar-refractivity contribution in [2.75, 3.05) is 39.3 Å². The average molecular weight is 659 g/mol. The van der Waals surface area contributed by atoms with E-state index in [2.05, 4.69) is 49.7 Å². The quantitative estimate of drug-likeness (QED) is 0.0633. The minimum Gasteiger partial charge on any atom is -0.478 e. The number of aliphatic hydroxyl groups is 1. The number of carbonyl (C=O) groups excluding carboxylic acids is 1. The van der Waals surface area contributed by atoms with Gasteiger partial charge in [0.25, 0.3) is 0 Å². The summed E-state index contributed by atoms with van der Waals surface area (Å²) < 4.78 is 5.97. The van der Waals surface area contributed by atoms with E-state index in [0.717, 1.165) is 76.0 Å². The number of carboxylic acids is 1. The summed E-state index contributed by atoms with van der Waals surface area (Å²) in [6.07, 6.45) is 8.45. The second-order valence-corrected chi connectivity index (χ2v) is 16.3. The van der Waals surface area contributed by atoms with E-state index in [9.17, 15) is 19.8 Å². The van der Waals surface area contributed by atoms with Crippen LogP contribution in [0.3, 0.4) is 0 Å². The van der Waals surface area contributed by atoms with Crippen LogP contribution in [0.25, 0.3) is 0 Å². The number of carbonyl (C=O) groups is 2. The Morgan fingerprint density at radius 1 is 1.00 bits per heavy atom. The lowest BCUT2D eigenvalue weighted by Crippen LogP contribution is -2.66. The number of aliphatic hydroxyl groups excluding tert-OH is 1. The third-order valence-corrected chi connectivity index (χ3v) is 13.3. The lowest BCUT2D eigenvalue weighted by molar-refractivity contribution is -0.227. The van der Waals surface area contributed by atoms with Gasteiger partial charge in [-0.15, -0.1) is 0 Å². The van der Waals surface area contributed by atoms with Crippen molar-refractivity contribution in [2.24, 2.45) is 45.7 Å². The number of esters is 1. The van der Waals surface area contributed by atoms with Crippen LogP contribution >= 0.6 is 0 Å². The van der Waals surface area contributed by atoms with Gasteiger partial charge in [-0.2, -0.15) is 0 Å². The molecule has 4 saturated carbocycles. The van der Waals surface area contributed by atoms with Crippen LogP contribution in [-0.2, 0) is 14.3 Å². The Kier molecular flexibility index (Phi) is 12.8. The molecule has 0 aromatic carbocycles. The Bertz CT molecular complexity index is 1170. The molecule has 0 saturated heterocycles. The van der Waals surface area contributed by atoms with E-state index in [1.165, 1.54) is 6.92 Å². The molecule has 7 N–H and O–H groups in total. The van der Waals surface area contributed by atoms with Crippen molar-refractivity contribution < 1.29 is 24.5 Å². The normalized spacial score (nSPS) is 39.0. The van der Waals surface area contributed by atoms with E-state index in [4.69, 9.17) is 10.5 Å². The summed E-state index contributed by atoms with van der Waals surface area (Å²) in [5, 5.41) is 33.5. The van der Waals surface area contributed by atoms with Gasteiger partial charge in [0, 0.05) is 44.7 Å². The lowest BCUT2D eigenvalue weighted by atomic mass is 9.36. The van der Waals surface area contributed by atoms with Gasteiger partial charge in [0.15, 0.2) is 0 Å². The van der Waals surface area contributed by atoms with Gasteiger partial charge in [0.1, 0.15) is 6.10 Å².